The second kappa shape index (κ2) is 6.15. The predicted molar refractivity (Wildman–Crippen MR) is 57.0 cm³/mol. The topological polar surface area (TPSA) is 58.6 Å². The molecular formula is C11H13F2NO3. The van der Waals surface area contributed by atoms with Crippen LogP contribution < -0.4 is 10.1 Å². The SMILES string of the molecule is CCNC(COc1cccc(F)c1F)C(=O)O. The molecule has 1 unspecified atom stereocenters. The minimum absolute atomic E-state index is 0.274. The number of aliphatic carboxylic acids is 1. The Morgan fingerprint density at radius 2 is 2.24 bits per heavy atom. The van der Waals surface area contributed by atoms with Crippen LogP contribution in [0.15, 0.2) is 18.2 Å². The fourth-order valence-electron chi connectivity index (χ4n) is 1.23. The molecule has 0 aromatic heterocycles. The monoisotopic (exact) mass is 245 g/mol. The van der Waals surface area contributed by atoms with Crippen LogP contribution in [0.5, 0.6) is 5.75 Å². The number of hydrogen-bond donors (Lipinski definition) is 2. The maximum absolute atomic E-state index is 13.2. The summed E-state index contributed by atoms with van der Waals surface area (Å²) < 4.78 is 30.9. The molecule has 0 aliphatic rings. The van der Waals surface area contributed by atoms with Gasteiger partial charge in [-0.3, -0.25) is 4.79 Å². The molecule has 0 saturated heterocycles. The smallest absolute Gasteiger partial charge is 0.324 e. The van der Waals surface area contributed by atoms with E-state index in [1.165, 1.54) is 12.1 Å². The van der Waals surface area contributed by atoms with Crippen molar-refractivity contribution in [1.29, 1.82) is 0 Å². The molecule has 0 amide bonds. The highest BCUT2D eigenvalue weighted by atomic mass is 19.2. The Bertz CT molecular complexity index is 398. The lowest BCUT2D eigenvalue weighted by atomic mass is 10.3. The molecule has 0 fully saturated rings. The lowest BCUT2D eigenvalue weighted by molar-refractivity contribution is -0.140. The van der Waals surface area contributed by atoms with Crippen molar-refractivity contribution in [1.82, 2.24) is 5.32 Å². The van der Waals surface area contributed by atoms with Crippen LogP contribution >= 0.6 is 0 Å². The largest absolute Gasteiger partial charge is 0.488 e. The summed E-state index contributed by atoms with van der Waals surface area (Å²) in [7, 11) is 0. The number of halogens is 2. The highest BCUT2D eigenvalue weighted by Gasteiger charge is 2.18. The van der Waals surface area contributed by atoms with Gasteiger partial charge in [-0.05, 0) is 18.7 Å². The van der Waals surface area contributed by atoms with Crippen molar-refractivity contribution < 1.29 is 23.4 Å². The first-order valence-corrected chi connectivity index (χ1v) is 5.09. The molecular weight excluding hydrogens is 232 g/mol. The molecule has 17 heavy (non-hydrogen) atoms. The number of likely N-dealkylation sites (N-methyl/N-ethyl adjacent to an activating group) is 1. The molecule has 0 bridgehead atoms. The number of ether oxygens (including phenoxy) is 1. The summed E-state index contributed by atoms with van der Waals surface area (Å²) >= 11 is 0. The zero-order chi connectivity index (χ0) is 12.8. The first-order chi connectivity index (χ1) is 8.06. The summed E-state index contributed by atoms with van der Waals surface area (Å²) in [5.41, 5.74) is 0. The number of benzene rings is 1. The number of carboxylic acid groups (broad SMARTS) is 1. The molecule has 4 nitrogen and oxygen atoms in total. The highest BCUT2D eigenvalue weighted by molar-refractivity contribution is 5.73. The van der Waals surface area contributed by atoms with Gasteiger partial charge in [0.1, 0.15) is 12.6 Å². The third-order valence-corrected chi connectivity index (χ3v) is 2.07. The van der Waals surface area contributed by atoms with Gasteiger partial charge in [-0.25, -0.2) is 4.39 Å². The molecule has 0 heterocycles. The van der Waals surface area contributed by atoms with E-state index in [2.05, 4.69) is 5.32 Å². The van der Waals surface area contributed by atoms with Gasteiger partial charge in [0.15, 0.2) is 11.6 Å². The number of carbonyl (C=O) groups is 1. The Kier molecular flexibility index (Phi) is 4.84. The van der Waals surface area contributed by atoms with Crippen molar-refractivity contribution in [2.45, 2.75) is 13.0 Å². The summed E-state index contributed by atoms with van der Waals surface area (Å²) in [4.78, 5) is 10.8. The summed E-state index contributed by atoms with van der Waals surface area (Å²) in [6.45, 7) is 1.90. The van der Waals surface area contributed by atoms with Crippen LogP contribution in [-0.4, -0.2) is 30.3 Å². The molecule has 1 atom stereocenters. The van der Waals surface area contributed by atoms with Crippen molar-refractivity contribution in [3.05, 3.63) is 29.8 Å². The van der Waals surface area contributed by atoms with Crippen LogP contribution in [0.4, 0.5) is 8.78 Å². The molecule has 0 aliphatic carbocycles. The Hall–Kier alpha value is -1.69. The Labute approximate surface area is 97.2 Å². The zero-order valence-electron chi connectivity index (χ0n) is 9.24. The van der Waals surface area contributed by atoms with Crippen LogP contribution in [0.3, 0.4) is 0 Å². The molecule has 1 aromatic rings. The molecule has 1 rings (SSSR count). The zero-order valence-corrected chi connectivity index (χ0v) is 9.24. The van der Waals surface area contributed by atoms with Crippen molar-refractivity contribution in [2.24, 2.45) is 0 Å². The van der Waals surface area contributed by atoms with E-state index in [0.717, 1.165) is 6.07 Å². The van der Waals surface area contributed by atoms with Gasteiger partial charge in [0, 0.05) is 0 Å². The highest BCUT2D eigenvalue weighted by Crippen LogP contribution is 2.19. The minimum Gasteiger partial charge on any atom is -0.488 e. The van der Waals surface area contributed by atoms with Crippen LogP contribution in [0.25, 0.3) is 0 Å². The van der Waals surface area contributed by atoms with Gasteiger partial charge in [-0.1, -0.05) is 13.0 Å². The molecule has 6 heteroatoms. The van der Waals surface area contributed by atoms with E-state index < -0.39 is 23.6 Å². The molecule has 0 radical (unpaired) electrons. The van der Waals surface area contributed by atoms with E-state index in [0.29, 0.717) is 6.54 Å². The van der Waals surface area contributed by atoms with Gasteiger partial charge >= 0.3 is 5.97 Å². The maximum Gasteiger partial charge on any atom is 0.324 e. The Morgan fingerprint density at radius 1 is 1.53 bits per heavy atom. The number of nitrogens with one attached hydrogen (secondary N) is 1. The first-order valence-electron chi connectivity index (χ1n) is 5.09. The average Bonchev–Trinajstić information content (AvgIpc) is 2.29. The molecule has 94 valence electrons. The summed E-state index contributed by atoms with van der Waals surface area (Å²) in [5, 5.41) is 11.4. The van der Waals surface area contributed by atoms with E-state index in [9.17, 15) is 13.6 Å². The molecule has 1 aromatic carbocycles. The summed E-state index contributed by atoms with van der Waals surface area (Å²) in [6.07, 6.45) is 0. The number of carboxylic acids is 1. The van der Waals surface area contributed by atoms with Gasteiger partial charge in [-0.2, -0.15) is 4.39 Å². The maximum atomic E-state index is 13.2. The fraction of sp³-hybridized carbons (Fsp3) is 0.364. The van der Waals surface area contributed by atoms with Crippen molar-refractivity contribution in [3.63, 3.8) is 0 Å². The van der Waals surface area contributed by atoms with Crippen molar-refractivity contribution >= 4 is 5.97 Å². The lowest BCUT2D eigenvalue weighted by Gasteiger charge is -2.14. The minimum atomic E-state index is -1.12. The fourth-order valence-corrected chi connectivity index (χ4v) is 1.23. The Balaban J connectivity index is 2.65. The first kappa shape index (κ1) is 13.4. The average molecular weight is 245 g/mol. The van der Waals surface area contributed by atoms with Crippen LogP contribution in [0.2, 0.25) is 0 Å². The van der Waals surface area contributed by atoms with E-state index in [-0.39, 0.29) is 12.4 Å². The van der Waals surface area contributed by atoms with Gasteiger partial charge in [0.05, 0.1) is 0 Å². The second-order valence-electron chi connectivity index (χ2n) is 3.31. The number of hydrogen-bond acceptors (Lipinski definition) is 3. The van der Waals surface area contributed by atoms with Crippen LogP contribution in [0, 0.1) is 11.6 Å². The standard InChI is InChI=1S/C11H13F2NO3/c1-2-14-8(11(15)16)6-17-9-5-3-4-7(12)10(9)13/h3-5,8,14H,2,6H2,1H3,(H,15,16). The van der Waals surface area contributed by atoms with E-state index in [4.69, 9.17) is 9.84 Å². The third-order valence-electron chi connectivity index (χ3n) is 2.07. The van der Waals surface area contributed by atoms with Gasteiger partial charge in [-0.15, -0.1) is 0 Å². The van der Waals surface area contributed by atoms with E-state index in [1.807, 2.05) is 0 Å². The van der Waals surface area contributed by atoms with E-state index >= 15 is 0 Å². The normalized spacial score (nSPS) is 12.2. The molecule has 0 spiro atoms. The van der Waals surface area contributed by atoms with E-state index in [1.54, 1.807) is 6.92 Å². The van der Waals surface area contributed by atoms with Crippen molar-refractivity contribution in [3.8, 4) is 5.75 Å². The van der Waals surface area contributed by atoms with Crippen LogP contribution in [-0.2, 0) is 4.79 Å². The van der Waals surface area contributed by atoms with Crippen molar-refractivity contribution in [2.75, 3.05) is 13.2 Å². The van der Waals surface area contributed by atoms with Gasteiger partial charge in [0.2, 0.25) is 5.82 Å². The quantitative estimate of drug-likeness (QED) is 0.795. The lowest BCUT2D eigenvalue weighted by Crippen LogP contribution is -2.41. The van der Waals surface area contributed by atoms with Gasteiger partial charge < -0.3 is 15.2 Å². The Morgan fingerprint density at radius 3 is 2.82 bits per heavy atom. The van der Waals surface area contributed by atoms with Crippen LogP contribution in [0.1, 0.15) is 6.92 Å². The van der Waals surface area contributed by atoms with Gasteiger partial charge in [0.25, 0.3) is 0 Å². The third kappa shape index (κ3) is 3.67. The summed E-state index contributed by atoms with van der Waals surface area (Å²) in [5.74, 6) is -3.55. The molecule has 2 N–H and O–H groups in total. The second-order valence-corrected chi connectivity index (χ2v) is 3.31. The molecule has 0 saturated carbocycles. The summed E-state index contributed by atoms with van der Waals surface area (Å²) in [6, 6.07) is 2.53. The molecule has 0 aliphatic heterocycles. The predicted octanol–water partition coefficient (Wildman–Crippen LogP) is 1.41. The number of rotatable bonds is 6.